The molecule has 1 N–H and O–H groups in total. The average Bonchev–Trinajstić information content (AvgIpc) is 3.11. The molecule has 0 amide bonds. The van der Waals surface area contributed by atoms with Crippen LogP contribution in [0.4, 0.5) is 13.2 Å². The summed E-state index contributed by atoms with van der Waals surface area (Å²) in [5.74, 6) is -0.484. The predicted molar refractivity (Wildman–Crippen MR) is 81.5 cm³/mol. The van der Waals surface area contributed by atoms with Gasteiger partial charge in [-0.2, -0.15) is 5.10 Å². The van der Waals surface area contributed by atoms with E-state index in [4.69, 9.17) is 0 Å². The fraction of sp³-hybridized carbons (Fsp3) is 0.214. The van der Waals surface area contributed by atoms with Crippen molar-refractivity contribution in [1.29, 1.82) is 0 Å². The van der Waals surface area contributed by atoms with Crippen molar-refractivity contribution in [2.75, 3.05) is 6.54 Å². The monoisotopic (exact) mass is 374 g/mol. The van der Waals surface area contributed by atoms with Crippen molar-refractivity contribution in [3.8, 4) is 5.75 Å². The number of ether oxygens (including phenoxy) is 1. The van der Waals surface area contributed by atoms with Gasteiger partial charge in [0.15, 0.2) is 0 Å². The zero-order valence-electron chi connectivity index (χ0n) is 12.6. The molecule has 0 aliphatic heterocycles. The third kappa shape index (κ3) is 4.12. The normalized spacial score (nSPS) is 12.6. The molecule has 0 aliphatic carbocycles. The Balaban J connectivity index is 1.62. The molecule has 2 aromatic heterocycles. The van der Waals surface area contributed by atoms with Crippen LogP contribution in [0.3, 0.4) is 0 Å². The van der Waals surface area contributed by atoms with Crippen LogP contribution < -0.4 is 9.46 Å². The van der Waals surface area contributed by atoms with Gasteiger partial charge in [-0.15, -0.1) is 13.2 Å². The lowest BCUT2D eigenvalue weighted by Crippen LogP contribution is -2.27. The number of benzene rings is 1. The summed E-state index contributed by atoms with van der Waals surface area (Å²) in [6.45, 7) is 0.481. The first-order chi connectivity index (χ1) is 11.7. The van der Waals surface area contributed by atoms with Gasteiger partial charge in [0.2, 0.25) is 10.0 Å². The van der Waals surface area contributed by atoms with E-state index in [1.54, 1.807) is 29.2 Å². The summed E-state index contributed by atoms with van der Waals surface area (Å²) < 4.78 is 70.2. The van der Waals surface area contributed by atoms with Crippen molar-refractivity contribution in [2.24, 2.45) is 0 Å². The van der Waals surface area contributed by atoms with Gasteiger partial charge in [-0.05, 0) is 24.3 Å². The van der Waals surface area contributed by atoms with Crippen LogP contribution in [0.2, 0.25) is 0 Å². The Hall–Kier alpha value is -2.53. The fourth-order valence-electron chi connectivity index (χ4n) is 2.26. The first-order valence-corrected chi connectivity index (χ1v) is 8.57. The van der Waals surface area contributed by atoms with E-state index in [0.29, 0.717) is 6.54 Å². The van der Waals surface area contributed by atoms with Crippen LogP contribution in [0.5, 0.6) is 5.75 Å². The second-order valence-corrected chi connectivity index (χ2v) is 6.81. The maximum Gasteiger partial charge on any atom is 0.573 e. The predicted octanol–water partition coefficient (Wildman–Crippen LogP) is 2.01. The van der Waals surface area contributed by atoms with Gasteiger partial charge in [-0.1, -0.05) is 0 Å². The van der Waals surface area contributed by atoms with Crippen LogP contribution in [-0.4, -0.2) is 35.5 Å². The molecule has 0 radical (unpaired) electrons. The maximum atomic E-state index is 12.2. The highest BCUT2D eigenvalue weighted by molar-refractivity contribution is 7.89. The summed E-state index contributed by atoms with van der Waals surface area (Å²) in [4.78, 5) is -0.149. The van der Waals surface area contributed by atoms with Gasteiger partial charge in [0.25, 0.3) is 0 Å². The molecule has 11 heteroatoms. The highest BCUT2D eigenvalue weighted by Gasteiger charge is 2.31. The lowest BCUT2D eigenvalue weighted by atomic mass is 10.3. The summed E-state index contributed by atoms with van der Waals surface area (Å²) in [7, 11) is -3.84. The highest BCUT2D eigenvalue weighted by Crippen LogP contribution is 2.23. The molecule has 0 saturated heterocycles. The second kappa shape index (κ2) is 6.41. The number of aromatic nitrogens is 3. The van der Waals surface area contributed by atoms with Crippen LogP contribution in [0.15, 0.2) is 53.8 Å². The average molecular weight is 374 g/mol. The molecule has 134 valence electrons. The molecular weight excluding hydrogens is 361 g/mol. The minimum atomic E-state index is -4.82. The third-order valence-electron chi connectivity index (χ3n) is 3.34. The number of sulfonamides is 1. The molecule has 0 saturated carbocycles. The van der Waals surface area contributed by atoms with E-state index in [1.807, 2.05) is 4.57 Å². The number of imidazole rings is 1. The van der Waals surface area contributed by atoms with E-state index in [9.17, 15) is 21.6 Å². The van der Waals surface area contributed by atoms with Gasteiger partial charge < -0.3 is 9.30 Å². The summed E-state index contributed by atoms with van der Waals surface area (Å²) in [6, 6.07) is 5.78. The van der Waals surface area contributed by atoms with Crippen molar-refractivity contribution < 1.29 is 26.3 Å². The summed E-state index contributed by atoms with van der Waals surface area (Å²) in [5, 5.41) is 4.04. The Kier molecular flexibility index (Phi) is 4.43. The van der Waals surface area contributed by atoms with Crippen molar-refractivity contribution in [1.82, 2.24) is 18.9 Å². The Bertz CT molecular complexity index is 961. The molecule has 0 unspecified atom stereocenters. The largest absolute Gasteiger partial charge is 0.573 e. The van der Waals surface area contributed by atoms with Gasteiger partial charge in [0.1, 0.15) is 11.4 Å². The van der Waals surface area contributed by atoms with Crippen molar-refractivity contribution >= 4 is 15.7 Å². The minimum absolute atomic E-state index is 0.110. The Morgan fingerprint density at radius 3 is 2.52 bits per heavy atom. The fourth-order valence-corrected chi connectivity index (χ4v) is 3.28. The van der Waals surface area contributed by atoms with Crippen LogP contribution >= 0.6 is 0 Å². The van der Waals surface area contributed by atoms with Crippen LogP contribution in [0.25, 0.3) is 5.65 Å². The van der Waals surface area contributed by atoms with E-state index < -0.39 is 22.1 Å². The van der Waals surface area contributed by atoms with E-state index in [0.717, 1.165) is 29.9 Å². The quantitative estimate of drug-likeness (QED) is 0.716. The zero-order chi connectivity index (χ0) is 18.1. The van der Waals surface area contributed by atoms with Gasteiger partial charge in [-0.3, -0.25) is 0 Å². The van der Waals surface area contributed by atoms with Crippen molar-refractivity contribution in [2.45, 2.75) is 17.8 Å². The molecule has 3 aromatic rings. The van der Waals surface area contributed by atoms with E-state index >= 15 is 0 Å². The SMILES string of the molecule is O=S(=O)(NCCn1ccn2nccc12)c1ccc(OC(F)(F)F)cc1. The lowest BCUT2D eigenvalue weighted by Gasteiger charge is -2.10. The minimum Gasteiger partial charge on any atom is -0.406 e. The zero-order valence-corrected chi connectivity index (χ0v) is 13.5. The summed E-state index contributed by atoms with van der Waals surface area (Å²) in [5.41, 5.74) is 0.813. The van der Waals surface area contributed by atoms with E-state index in [-0.39, 0.29) is 11.4 Å². The molecular formula is C14H13F3N4O3S. The third-order valence-corrected chi connectivity index (χ3v) is 4.82. The smallest absolute Gasteiger partial charge is 0.406 e. The van der Waals surface area contributed by atoms with Gasteiger partial charge >= 0.3 is 6.36 Å². The van der Waals surface area contributed by atoms with Gasteiger partial charge in [0, 0.05) is 31.5 Å². The number of rotatable bonds is 6. The van der Waals surface area contributed by atoms with E-state index in [2.05, 4.69) is 14.6 Å². The molecule has 25 heavy (non-hydrogen) atoms. The first-order valence-electron chi connectivity index (χ1n) is 7.09. The topological polar surface area (TPSA) is 77.6 Å². The number of halogens is 3. The molecule has 0 bridgehead atoms. The number of nitrogens with one attached hydrogen (secondary N) is 1. The first kappa shape index (κ1) is 17.3. The van der Waals surface area contributed by atoms with Gasteiger partial charge in [0.05, 0.1) is 11.1 Å². The molecule has 0 spiro atoms. The number of nitrogens with zero attached hydrogens (tertiary/aromatic N) is 3. The highest BCUT2D eigenvalue weighted by atomic mass is 32.2. The summed E-state index contributed by atoms with van der Waals surface area (Å²) in [6.07, 6.45) is 0.304. The molecule has 0 aliphatic rings. The number of fused-ring (bicyclic) bond motifs is 1. The molecule has 0 fully saturated rings. The Morgan fingerprint density at radius 1 is 1.12 bits per heavy atom. The summed E-state index contributed by atoms with van der Waals surface area (Å²) >= 11 is 0. The Labute approximate surface area is 140 Å². The molecule has 0 atom stereocenters. The number of hydrogen-bond donors (Lipinski definition) is 1. The van der Waals surface area contributed by atoms with Crippen LogP contribution in [0, 0.1) is 0 Å². The molecule has 7 nitrogen and oxygen atoms in total. The van der Waals surface area contributed by atoms with Gasteiger partial charge in [-0.25, -0.2) is 17.7 Å². The standard InChI is InChI=1S/C14H13F3N4O3S/c15-14(16,17)24-11-1-3-12(4-2-11)25(22,23)19-7-8-20-9-10-21-13(20)5-6-18-21/h1-6,9-10,19H,7-8H2. The van der Waals surface area contributed by atoms with Crippen LogP contribution in [-0.2, 0) is 16.6 Å². The Morgan fingerprint density at radius 2 is 1.84 bits per heavy atom. The lowest BCUT2D eigenvalue weighted by molar-refractivity contribution is -0.274. The molecule has 2 heterocycles. The number of alkyl halides is 3. The van der Waals surface area contributed by atoms with Crippen LogP contribution in [0.1, 0.15) is 0 Å². The second-order valence-electron chi connectivity index (χ2n) is 5.04. The van der Waals surface area contributed by atoms with Crippen molar-refractivity contribution in [3.63, 3.8) is 0 Å². The molecule has 1 aromatic carbocycles. The molecule has 3 rings (SSSR count). The van der Waals surface area contributed by atoms with Crippen molar-refractivity contribution in [3.05, 3.63) is 48.9 Å². The van der Waals surface area contributed by atoms with E-state index in [1.165, 1.54) is 0 Å². The number of hydrogen-bond acceptors (Lipinski definition) is 4. The maximum absolute atomic E-state index is 12.2.